The van der Waals surface area contributed by atoms with Crippen molar-refractivity contribution in [3.05, 3.63) is 36.0 Å². The van der Waals surface area contributed by atoms with Crippen LogP contribution < -0.4 is 5.32 Å². The number of benzene rings is 1. The number of rotatable bonds is 8. The zero-order valence-electron chi connectivity index (χ0n) is 18.9. The Labute approximate surface area is 197 Å². The minimum atomic E-state index is -2.37. The molecule has 2 aromatic rings. The van der Waals surface area contributed by atoms with Gasteiger partial charge in [0.1, 0.15) is 0 Å². The van der Waals surface area contributed by atoms with Gasteiger partial charge < -0.3 is 15.2 Å². The zero-order chi connectivity index (χ0) is 23.8. The molecule has 0 radical (unpaired) electrons. The summed E-state index contributed by atoms with van der Waals surface area (Å²) < 4.78 is 25.1. The third kappa shape index (κ3) is 7.26. The van der Waals surface area contributed by atoms with Crippen LogP contribution in [0.25, 0.3) is 10.9 Å². The molecule has 1 atom stereocenters. The fraction of sp³-hybridized carbons (Fsp3) is 0.522. The summed E-state index contributed by atoms with van der Waals surface area (Å²) in [6.45, 7) is 3.60. The van der Waals surface area contributed by atoms with Crippen molar-refractivity contribution in [3.8, 4) is 0 Å². The highest BCUT2D eigenvalue weighted by Crippen LogP contribution is 2.21. The Morgan fingerprint density at radius 3 is 2.64 bits per heavy atom. The number of halogens is 2. The van der Waals surface area contributed by atoms with Crippen LogP contribution in [0.15, 0.2) is 30.5 Å². The average Bonchev–Trinajstić information content (AvgIpc) is 3.20. The molecule has 180 valence electrons. The van der Waals surface area contributed by atoms with Gasteiger partial charge in [0, 0.05) is 49.3 Å². The van der Waals surface area contributed by atoms with Gasteiger partial charge in [0.2, 0.25) is 0 Å². The van der Waals surface area contributed by atoms with Gasteiger partial charge in [-0.05, 0) is 36.2 Å². The minimum Gasteiger partial charge on any atom is -0.361 e. The van der Waals surface area contributed by atoms with Gasteiger partial charge in [-0.15, -0.1) is 0 Å². The smallest absolute Gasteiger partial charge is 0.276 e. The molecule has 10 heteroatoms. The lowest BCUT2D eigenvalue weighted by atomic mass is 10.0. The Kier molecular flexibility index (Phi) is 9.25. The van der Waals surface area contributed by atoms with Crippen LogP contribution in [0, 0.1) is 10.8 Å². The van der Waals surface area contributed by atoms with E-state index < -0.39 is 12.3 Å². The van der Waals surface area contributed by atoms with E-state index in [0.717, 1.165) is 47.5 Å². The number of amides is 1. The molecule has 1 fully saturated rings. The van der Waals surface area contributed by atoms with Gasteiger partial charge in [-0.3, -0.25) is 20.5 Å². The number of carbonyl (C=O) groups excluding carboxylic acids is 1. The molecule has 3 rings (SSSR count). The normalized spacial score (nSPS) is 15.7. The summed E-state index contributed by atoms with van der Waals surface area (Å²) >= 11 is 0.813. The molecule has 0 bridgehead atoms. The van der Waals surface area contributed by atoms with Gasteiger partial charge in [-0.1, -0.05) is 38.0 Å². The number of hydrogen-bond acceptors (Lipinski definition) is 5. The van der Waals surface area contributed by atoms with Crippen molar-refractivity contribution in [1.82, 2.24) is 20.1 Å². The lowest BCUT2D eigenvalue weighted by Crippen LogP contribution is -2.49. The predicted octanol–water partition coefficient (Wildman–Crippen LogP) is 3.91. The monoisotopic (exact) mass is 478 g/mol. The fourth-order valence-corrected chi connectivity index (χ4v) is 4.69. The van der Waals surface area contributed by atoms with E-state index in [1.165, 1.54) is 0 Å². The minimum absolute atomic E-state index is 0.105. The first-order valence-corrected chi connectivity index (χ1v) is 12.1. The van der Waals surface area contributed by atoms with Crippen molar-refractivity contribution in [1.29, 1.82) is 10.8 Å². The summed E-state index contributed by atoms with van der Waals surface area (Å²) in [7, 11) is 0. The van der Waals surface area contributed by atoms with Crippen molar-refractivity contribution in [3.63, 3.8) is 0 Å². The number of amidine groups is 1. The van der Waals surface area contributed by atoms with E-state index in [-0.39, 0.29) is 22.8 Å². The molecule has 0 aliphatic carbocycles. The number of unbranched alkanes of at least 4 members (excludes halogenated alkanes) is 1. The zero-order valence-corrected chi connectivity index (χ0v) is 19.7. The van der Waals surface area contributed by atoms with Gasteiger partial charge in [0.25, 0.3) is 12.3 Å². The topological polar surface area (TPSA) is 99.1 Å². The van der Waals surface area contributed by atoms with Crippen LogP contribution in [-0.2, 0) is 11.2 Å². The summed E-state index contributed by atoms with van der Waals surface area (Å²) in [4.78, 5) is 19.4. The molecule has 1 aromatic carbocycles. The molecule has 2 heterocycles. The van der Waals surface area contributed by atoms with Crippen molar-refractivity contribution >= 4 is 38.8 Å². The third-order valence-corrected chi connectivity index (χ3v) is 6.68. The summed E-state index contributed by atoms with van der Waals surface area (Å²) in [6.07, 6.45) is 3.05. The SMILES string of the molecule is CCCCC(Cc1c[nH]c2ccccc12)NC(=O)C(=N)SC(=N)N1CCN(CC(F)F)CC1. The van der Waals surface area contributed by atoms with Crippen LogP contribution in [-0.4, -0.2) is 76.1 Å². The van der Waals surface area contributed by atoms with Crippen LogP contribution in [0.3, 0.4) is 0 Å². The second-order valence-corrected chi connectivity index (χ2v) is 9.29. The molecule has 1 amide bonds. The molecule has 1 aliphatic rings. The number of alkyl halides is 2. The highest BCUT2D eigenvalue weighted by Gasteiger charge is 2.24. The van der Waals surface area contributed by atoms with E-state index in [1.807, 2.05) is 24.4 Å². The highest BCUT2D eigenvalue weighted by atomic mass is 32.2. The second kappa shape index (κ2) is 12.1. The Morgan fingerprint density at radius 1 is 1.21 bits per heavy atom. The number of para-hydroxylation sites is 1. The largest absolute Gasteiger partial charge is 0.361 e. The predicted molar refractivity (Wildman–Crippen MR) is 131 cm³/mol. The Morgan fingerprint density at radius 2 is 1.94 bits per heavy atom. The molecule has 1 aliphatic heterocycles. The van der Waals surface area contributed by atoms with E-state index >= 15 is 0 Å². The maximum atomic E-state index is 12.7. The summed E-state index contributed by atoms with van der Waals surface area (Å²) in [5.41, 5.74) is 2.18. The van der Waals surface area contributed by atoms with Crippen LogP contribution >= 0.6 is 11.8 Å². The molecule has 4 N–H and O–H groups in total. The number of aromatic nitrogens is 1. The van der Waals surface area contributed by atoms with Gasteiger partial charge >= 0.3 is 0 Å². The van der Waals surface area contributed by atoms with E-state index in [9.17, 15) is 13.6 Å². The molecule has 7 nitrogen and oxygen atoms in total. The lowest BCUT2D eigenvalue weighted by molar-refractivity contribution is -0.115. The molecule has 33 heavy (non-hydrogen) atoms. The number of carbonyl (C=O) groups is 1. The average molecular weight is 479 g/mol. The van der Waals surface area contributed by atoms with Crippen LogP contribution in [0.2, 0.25) is 0 Å². The molecule has 1 unspecified atom stereocenters. The molecule has 1 aromatic heterocycles. The number of aromatic amines is 1. The molecule has 1 saturated heterocycles. The van der Waals surface area contributed by atoms with Gasteiger partial charge in [-0.25, -0.2) is 8.78 Å². The highest BCUT2D eigenvalue weighted by molar-refractivity contribution is 8.27. The Balaban J connectivity index is 1.53. The van der Waals surface area contributed by atoms with Crippen molar-refractivity contribution < 1.29 is 13.6 Å². The first-order valence-electron chi connectivity index (χ1n) is 11.3. The Bertz CT molecular complexity index is 957. The number of piperazine rings is 1. The van der Waals surface area contributed by atoms with Crippen molar-refractivity contribution in [2.24, 2.45) is 0 Å². The van der Waals surface area contributed by atoms with E-state index in [2.05, 4.69) is 23.3 Å². The maximum absolute atomic E-state index is 12.7. The van der Waals surface area contributed by atoms with Crippen molar-refractivity contribution in [2.75, 3.05) is 32.7 Å². The van der Waals surface area contributed by atoms with E-state index in [1.54, 1.807) is 9.80 Å². The van der Waals surface area contributed by atoms with Crippen LogP contribution in [0.1, 0.15) is 31.7 Å². The summed E-state index contributed by atoms with van der Waals surface area (Å²) in [6, 6.07) is 7.93. The van der Waals surface area contributed by atoms with Gasteiger partial charge in [0.15, 0.2) is 10.2 Å². The van der Waals surface area contributed by atoms with Crippen LogP contribution in [0.5, 0.6) is 0 Å². The van der Waals surface area contributed by atoms with Gasteiger partial charge in [-0.2, -0.15) is 0 Å². The summed E-state index contributed by atoms with van der Waals surface area (Å²) in [5, 5.41) is 20.4. The number of nitrogens with one attached hydrogen (secondary N) is 4. The first-order chi connectivity index (χ1) is 15.9. The number of fused-ring (bicyclic) bond motifs is 1. The number of hydrogen-bond donors (Lipinski definition) is 4. The van der Waals surface area contributed by atoms with Crippen molar-refractivity contribution in [2.45, 2.75) is 45.1 Å². The molecule has 0 saturated carbocycles. The first kappa shape index (κ1) is 25.2. The van der Waals surface area contributed by atoms with E-state index in [4.69, 9.17) is 10.8 Å². The molecule has 0 spiro atoms. The van der Waals surface area contributed by atoms with Gasteiger partial charge in [0.05, 0.1) is 6.54 Å². The fourth-order valence-electron chi connectivity index (χ4n) is 4.03. The quantitative estimate of drug-likeness (QED) is 0.341. The second-order valence-electron chi connectivity index (χ2n) is 8.29. The molecular formula is C23H32F2N6OS. The third-order valence-electron chi connectivity index (χ3n) is 5.84. The standard InChI is InChI=1S/C23H32F2N6OS/c1-2-3-6-17(13-16-14-28-19-8-5-4-7-18(16)19)29-22(32)21(26)33-23(27)31-11-9-30(10-12-31)15-20(24)25/h4-5,7-8,14,17,20,26-28H,2-3,6,9-13,15H2,1H3,(H,29,32). The summed E-state index contributed by atoms with van der Waals surface area (Å²) in [5.74, 6) is -0.484. The number of nitrogens with zero attached hydrogens (tertiary/aromatic N) is 2. The Hall–Kier alpha value is -2.46. The number of H-pyrrole nitrogens is 1. The molecular weight excluding hydrogens is 446 g/mol. The van der Waals surface area contributed by atoms with E-state index in [0.29, 0.717) is 32.6 Å². The number of thioether (sulfide) groups is 1. The lowest BCUT2D eigenvalue weighted by Gasteiger charge is -2.35. The maximum Gasteiger partial charge on any atom is 0.276 e. The van der Waals surface area contributed by atoms with Crippen LogP contribution in [0.4, 0.5) is 8.78 Å².